The van der Waals surface area contributed by atoms with Crippen LogP contribution in [0.3, 0.4) is 0 Å². The standard InChI is InChI=1S/C20H14ClN3O3S/c21-13-5-11-16(12-6-13)28(26,27)24-15-9-7-14(8-10-15)22-19-17-3-1-2-4-18(17)23-20(19)25/h1-12,24H,(H,22,23,25). The van der Waals surface area contributed by atoms with Crippen LogP contribution >= 0.6 is 11.6 Å². The fourth-order valence-electron chi connectivity index (χ4n) is 2.77. The number of carbonyl (C=O) groups is 1. The van der Waals surface area contributed by atoms with E-state index in [1.165, 1.54) is 24.3 Å². The molecule has 4 rings (SSSR count). The van der Waals surface area contributed by atoms with Crippen molar-refractivity contribution in [2.75, 3.05) is 10.0 Å². The average Bonchev–Trinajstić information content (AvgIpc) is 2.99. The molecular weight excluding hydrogens is 398 g/mol. The van der Waals surface area contributed by atoms with Crippen molar-refractivity contribution < 1.29 is 13.2 Å². The lowest BCUT2D eigenvalue weighted by molar-refractivity contribution is -0.110. The fourth-order valence-corrected chi connectivity index (χ4v) is 3.96. The number of rotatable bonds is 4. The Morgan fingerprint density at radius 3 is 2.29 bits per heavy atom. The lowest BCUT2D eigenvalue weighted by Gasteiger charge is -2.08. The molecule has 28 heavy (non-hydrogen) atoms. The average molecular weight is 412 g/mol. The van der Waals surface area contributed by atoms with Crippen LogP contribution in [0.5, 0.6) is 0 Å². The molecule has 0 atom stereocenters. The van der Waals surface area contributed by atoms with Crippen LogP contribution in [-0.2, 0) is 14.8 Å². The van der Waals surface area contributed by atoms with Crippen LogP contribution in [0.4, 0.5) is 17.1 Å². The molecule has 0 unspecified atom stereocenters. The van der Waals surface area contributed by atoms with Crippen LogP contribution in [0.15, 0.2) is 82.7 Å². The van der Waals surface area contributed by atoms with Crippen molar-refractivity contribution in [1.29, 1.82) is 0 Å². The third-order valence-corrected chi connectivity index (χ3v) is 5.78. The summed E-state index contributed by atoms with van der Waals surface area (Å²) in [7, 11) is -3.72. The lowest BCUT2D eigenvalue weighted by atomic mass is 10.1. The van der Waals surface area contributed by atoms with Gasteiger partial charge in [0.15, 0.2) is 0 Å². The van der Waals surface area contributed by atoms with Crippen molar-refractivity contribution >= 4 is 50.3 Å². The minimum absolute atomic E-state index is 0.112. The molecular formula is C20H14ClN3O3S. The van der Waals surface area contributed by atoms with Gasteiger partial charge in [-0.15, -0.1) is 0 Å². The van der Waals surface area contributed by atoms with Crippen molar-refractivity contribution in [2.45, 2.75) is 4.90 Å². The Morgan fingerprint density at radius 2 is 1.57 bits per heavy atom. The van der Waals surface area contributed by atoms with Crippen molar-refractivity contribution in [3.05, 3.63) is 83.4 Å². The molecule has 1 amide bonds. The largest absolute Gasteiger partial charge is 0.320 e. The maximum atomic E-state index is 12.4. The van der Waals surface area contributed by atoms with Crippen molar-refractivity contribution in [2.24, 2.45) is 4.99 Å². The van der Waals surface area contributed by atoms with Gasteiger partial charge in [0.1, 0.15) is 5.71 Å². The van der Waals surface area contributed by atoms with Gasteiger partial charge in [-0.25, -0.2) is 13.4 Å². The minimum Gasteiger partial charge on any atom is -0.320 e. The summed E-state index contributed by atoms with van der Waals surface area (Å²) in [4.78, 5) is 16.6. The van der Waals surface area contributed by atoms with Gasteiger partial charge in [-0.2, -0.15) is 0 Å². The number of para-hydroxylation sites is 1. The van der Waals surface area contributed by atoms with Crippen LogP contribution < -0.4 is 10.0 Å². The molecule has 0 radical (unpaired) electrons. The summed E-state index contributed by atoms with van der Waals surface area (Å²) in [5.41, 5.74) is 2.70. The number of hydrogen-bond acceptors (Lipinski definition) is 4. The number of anilines is 2. The quantitative estimate of drug-likeness (QED) is 0.674. The molecule has 6 nitrogen and oxygen atoms in total. The second-order valence-electron chi connectivity index (χ2n) is 6.07. The third kappa shape index (κ3) is 3.62. The molecule has 0 spiro atoms. The number of aliphatic imine (C=N–C) groups is 1. The molecule has 0 saturated carbocycles. The first kappa shape index (κ1) is 18.2. The number of nitrogens with zero attached hydrogens (tertiary/aromatic N) is 1. The van der Waals surface area contributed by atoms with Gasteiger partial charge >= 0.3 is 0 Å². The number of amides is 1. The summed E-state index contributed by atoms with van der Waals surface area (Å²) in [6.45, 7) is 0. The zero-order valence-electron chi connectivity index (χ0n) is 14.4. The highest BCUT2D eigenvalue weighted by Crippen LogP contribution is 2.26. The van der Waals surface area contributed by atoms with E-state index in [4.69, 9.17) is 11.6 Å². The minimum atomic E-state index is -3.72. The highest BCUT2D eigenvalue weighted by atomic mass is 35.5. The van der Waals surface area contributed by atoms with Gasteiger partial charge < -0.3 is 5.32 Å². The molecule has 8 heteroatoms. The van der Waals surface area contributed by atoms with E-state index in [2.05, 4.69) is 15.0 Å². The predicted molar refractivity (Wildman–Crippen MR) is 110 cm³/mol. The first-order valence-corrected chi connectivity index (χ1v) is 10.2. The molecule has 0 aliphatic carbocycles. The molecule has 1 heterocycles. The fraction of sp³-hybridized carbons (Fsp3) is 0. The van der Waals surface area contributed by atoms with Crippen LogP contribution in [0.25, 0.3) is 0 Å². The van der Waals surface area contributed by atoms with Crippen LogP contribution in [0.1, 0.15) is 5.56 Å². The Bertz CT molecular complexity index is 1190. The topological polar surface area (TPSA) is 87.6 Å². The van der Waals surface area contributed by atoms with E-state index in [1.807, 2.05) is 24.3 Å². The van der Waals surface area contributed by atoms with Gasteiger partial charge in [0.2, 0.25) is 0 Å². The maximum Gasteiger partial charge on any atom is 0.275 e. The SMILES string of the molecule is O=C1Nc2ccccc2C1=Nc1ccc(NS(=O)(=O)c2ccc(Cl)cc2)cc1. The second-order valence-corrected chi connectivity index (χ2v) is 8.19. The number of halogens is 1. The Balaban J connectivity index is 1.56. The molecule has 0 aromatic heterocycles. The lowest BCUT2D eigenvalue weighted by Crippen LogP contribution is -2.14. The first-order valence-electron chi connectivity index (χ1n) is 8.30. The molecule has 1 aliphatic rings. The van der Waals surface area contributed by atoms with E-state index in [9.17, 15) is 13.2 Å². The number of sulfonamides is 1. The maximum absolute atomic E-state index is 12.4. The molecule has 0 fully saturated rings. The molecule has 140 valence electrons. The first-order chi connectivity index (χ1) is 13.4. The molecule has 1 aliphatic heterocycles. The summed E-state index contributed by atoms with van der Waals surface area (Å²) >= 11 is 5.79. The van der Waals surface area contributed by atoms with Crippen molar-refractivity contribution in [3.63, 3.8) is 0 Å². The van der Waals surface area contributed by atoms with Crippen LogP contribution in [0.2, 0.25) is 5.02 Å². The van der Waals surface area contributed by atoms with E-state index in [1.54, 1.807) is 24.3 Å². The van der Waals surface area contributed by atoms with Gasteiger partial charge in [-0.3, -0.25) is 9.52 Å². The Labute approximate surface area is 166 Å². The highest BCUT2D eigenvalue weighted by molar-refractivity contribution is 7.92. The summed E-state index contributed by atoms with van der Waals surface area (Å²) < 4.78 is 27.3. The smallest absolute Gasteiger partial charge is 0.275 e. The van der Waals surface area contributed by atoms with E-state index in [0.29, 0.717) is 22.1 Å². The Morgan fingerprint density at radius 1 is 0.893 bits per heavy atom. The number of hydrogen-bond donors (Lipinski definition) is 2. The number of carbonyl (C=O) groups excluding carboxylic acids is 1. The monoisotopic (exact) mass is 411 g/mol. The second kappa shape index (κ2) is 7.10. The zero-order chi connectivity index (χ0) is 19.7. The van der Waals surface area contributed by atoms with E-state index < -0.39 is 10.0 Å². The van der Waals surface area contributed by atoms with Crippen LogP contribution in [-0.4, -0.2) is 20.0 Å². The van der Waals surface area contributed by atoms with Gasteiger partial charge in [0.25, 0.3) is 15.9 Å². The molecule has 0 saturated heterocycles. The normalized spacial score (nSPS) is 14.6. The summed E-state index contributed by atoms with van der Waals surface area (Å²) in [5.74, 6) is -0.270. The van der Waals surface area contributed by atoms with Crippen molar-refractivity contribution in [3.8, 4) is 0 Å². The van der Waals surface area contributed by atoms with Crippen LogP contribution in [0, 0.1) is 0 Å². The van der Waals surface area contributed by atoms with Crippen molar-refractivity contribution in [1.82, 2.24) is 0 Å². The van der Waals surface area contributed by atoms with Gasteiger partial charge in [-0.1, -0.05) is 29.8 Å². The zero-order valence-corrected chi connectivity index (χ0v) is 16.0. The third-order valence-electron chi connectivity index (χ3n) is 4.13. The molecule has 0 bridgehead atoms. The van der Waals surface area contributed by atoms with Gasteiger partial charge in [-0.05, 0) is 54.6 Å². The molecule has 3 aromatic carbocycles. The predicted octanol–water partition coefficient (Wildman–Crippen LogP) is 4.21. The van der Waals surface area contributed by atoms with E-state index in [-0.39, 0.29) is 10.8 Å². The van der Waals surface area contributed by atoms with Gasteiger partial charge in [0, 0.05) is 16.3 Å². The van der Waals surface area contributed by atoms with Gasteiger partial charge in [0.05, 0.1) is 16.3 Å². The molecule has 3 aromatic rings. The number of benzene rings is 3. The summed E-state index contributed by atoms with van der Waals surface area (Å²) in [5, 5.41) is 3.22. The number of fused-ring (bicyclic) bond motifs is 1. The highest BCUT2D eigenvalue weighted by Gasteiger charge is 2.25. The molecule has 2 N–H and O–H groups in total. The summed E-state index contributed by atoms with van der Waals surface area (Å²) in [6, 6.07) is 19.7. The Hall–Kier alpha value is -3.16. The van der Waals surface area contributed by atoms with E-state index >= 15 is 0 Å². The Kier molecular flexibility index (Phi) is 4.62. The summed E-state index contributed by atoms with van der Waals surface area (Å²) in [6.07, 6.45) is 0. The van der Waals surface area contributed by atoms with E-state index in [0.717, 1.165) is 11.3 Å². The number of nitrogens with one attached hydrogen (secondary N) is 2.